The Morgan fingerprint density at radius 1 is 0.391 bits per heavy atom. The van der Waals surface area contributed by atoms with E-state index in [1.165, 1.54) is 69.8 Å². The molecule has 1 rings (SSSR count). The second-order valence-electron chi connectivity index (χ2n) is 11.0. The molecule has 10 nitrogen and oxygen atoms in total. The Bertz CT molecular complexity index is 707. The van der Waals surface area contributed by atoms with Crippen LogP contribution in [0.4, 0.5) is 0 Å². The summed E-state index contributed by atoms with van der Waals surface area (Å²) < 4.78 is 49.2. The van der Waals surface area contributed by atoms with Crippen LogP contribution in [-0.2, 0) is 44.3 Å². The first kappa shape index (κ1) is 42.7. The third kappa shape index (κ3) is 31.3. The van der Waals surface area contributed by atoms with E-state index in [4.69, 9.17) is 47.7 Å². The van der Waals surface area contributed by atoms with E-state index in [0.717, 1.165) is 12.2 Å². The molecule has 0 bridgehead atoms. The molecule has 0 saturated carbocycles. The van der Waals surface area contributed by atoms with Gasteiger partial charge in [0.25, 0.3) is 0 Å². The van der Waals surface area contributed by atoms with E-state index in [1.54, 1.807) is 0 Å². The summed E-state index contributed by atoms with van der Waals surface area (Å²) in [6.07, 6.45) is 14.9. The van der Waals surface area contributed by atoms with Crippen LogP contribution in [0.5, 0.6) is 5.75 Å². The smallest absolute Gasteiger partial charge is 0.119 e. The van der Waals surface area contributed by atoms with Crippen LogP contribution < -0.4 is 4.74 Å². The largest absolute Gasteiger partial charge is 0.491 e. The maximum Gasteiger partial charge on any atom is 0.119 e. The molecule has 0 radical (unpaired) electrons. The zero-order valence-corrected chi connectivity index (χ0v) is 28.9. The number of aryl methyl sites for hydroxylation is 1. The summed E-state index contributed by atoms with van der Waals surface area (Å²) in [5, 5.41) is 8.59. The van der Waals surface area contributed by atoms with Gasteiger partial charge in [0.1, 0.15) is 12.4 Å². The highest BCUT2D eigenvalue weighted by Crippen LogP contribution is 2.16. The molecular formula is C36H66O10. The number of aliphatic hydroxyl groups is 1. The average Bonchev–Trinajstić information content (AvgIpc) is 3.07. The minimum atomic E-state index is 0.0299. The van der Waals surface area contributed by atoms with Gasteiger partial charge in [-0.2, -0.15) is 0 Å². The molecule has 1 aromatic carbocycles. The molecule has 0 atom stereocenters. The second kappa shape index (κ2) is 36.5. The van der Waals surface area contributed by atoms with Crippen molar-refractivity contribution in [3.05, 3.63) is 29.8 Å². The van der Waals surface area contributed by atoms with Crippen molar-refractivity contribution in [1.82, 2.24) is 0 Å². The van der Waals surface area contributed by atoms with E-state index in [2.05, 4.69) is 31.2 Å². The lowest BCUT2D eigenvalue weighted by Gasteiger charge is -2.09. The summed E-state index contributed by atoms with van der Waals surface area (Å²) in [7, 11) is 0. The summed E-state index contributed by atoms with van der Waals surface area (Å²) in [5.41, 5.74) is 1.39. The molecule has 0 saturated heterocycles. The lowest BCUT2D eigenvalue weighted by atomic mass is 10.0. The van der Waals surface area contributed by atoms with Crippen molar-refractivity contribution < 1.29 is 47.7 Å². The lowest BCUT2D eigenvalue weighted by Crippen LogP contribution is -2.15. The van der Waals surface area contributed by atoms with Crippen molar-refractivity contribution in [3.8, 4) is 5.75 Å². The minimum absolute atomic E-state index is 0.0299. The third-order valence-electron chi connectivity index (χ3n) is 7.08. The second-order valence-corrected chi connectivity index (χ2v) is 11.0. The van der Waals surface area contributed by atoms with E-state index < -0.39 is 0 Å². The highest BCUT2D eigenvalue weighted by atomic mass is 16.6. The highest BCUT2D eigenvalue weighted by Gasteiger charge is 1.99. The van der Waals surface area contributed by atoms with Crippen molar-refractivity contribution in [1.29, 1.82) is 0 Å². The minimum Gasteiger partial charge on any atom is -0.491 e. The van der Waals surface area contributed by atoms with Crippen molar-refractivity contribution in [2.75, 3.05) is 119 Å². The van der Waals surface area contributed by atoms with Crippen LogP contribution in [0.1, 0.15) is 76.7 Å². The van der Waals surface area contributed by atoms with E-state index >= 15 is 0 Å². The van der Waals surface area contributed by atoms with E-state index in [0.29, 0.717) is 112 Å². The SMILES string of the molecule is CCCCCCCCCCCCc1ccc(OCCOCCOCCOCCOCCOCCOCCOCCOCCO)cc1. The molecule has 270 valence electrons. The Labute approximate surface area is 279 Å². The van der Waals surface area contributed by atoms with Gasteiger partial charge >= 0.3 is 0 Å². The van der Waals surface area contributed by atoms with Gasteiger partial charge in [-0.15, -0.1) is 0 Å². The molecule has 0 amide bonds. The number of benzene rings is 1. The molecule has 0 spiro atoms. The van der Waals surface area contributed by atoms with Gasteiger partial charge in [0.15, 0.2) is 0 Å². The van der Waals surface area contributed by atoms with Crippen LogP contribution in [-0.4, -0.2) is 124 Å². The first-order chi connectivity index (χ1) is 22.9. The normalized spacial score (nSPS) is 11.4. The van der Waals surface area contributed by atoms with Gasteiger partial charge in [-0.3, -0.25) is 0 Å². The fourth-order valence-electron chi connectivity index (χ4n) is 4.49. The topological polar surface area (TPSA) is 103 Å². The quantitative estimate of drug-likeness (QED) is 0.0897. The van der Waals surface area contributed by atoms with Crippen molar-refractivity contribution in [2.24, 2.45) is 0 Å². The molecule has 1 N–H and O–H groups in total. The average molecular weight is 659 g/mol. The Balaban J connectivity index is 1.74. The summed E-state index contributed by atoms with van der Waals surface area (Å²) in [4.78, 5) is 0. The van der Waals surface area contributed by atoms with Gasteiger partial charge < -0.3 is 47.7 Å². The van der Waals surface area contributed by atoms with Crippen LogP contribution in [0.3, 0.4) is 0 Å². The Morgan fingerprint density at radius 3 is 1.09 bits per heavy atom. The van der Waals surface area contributed by atoms with E-state index in [1.807, 2.05) is 0 Å². The summed E-state index contributed by atoms with van der Waals surface area (Å²) in [6, 6.07) is 8.49. The fraction of sp³-hybridized carbons (Fsp3) is 0.833. The van der Waals surface area contributed by atoms with Gasteiger partial charge in [0, 0.05) is 0 Å². The Kier molecular flexibility index (Phi) is 33.9. The number of ether oxygens (including phenoxy) is 9. The number of rotatable bonds is 38. The monoisotopic (exact) mass is 658 g/mol. The summed E-state index contributed by atoms with van der Waals surface area (Å²) in [6.45, 7) is 10.9. The maximum atomic E-state index is 8.59. The van der Waals surface area contributed by atoms with Crippen molar-refractivity contribution in [3.63, 3.8) is 0 Å². The Morgan fingerprint density at radius 2 is 0.717 bits per heavy atom. The standard InChI is InChI=1S/C36H66O10/c1-2-3-4-5-6-7-8-9-10-11-12-35-13-15-36(16-14-35)46-34-33-45-32-31-44-30-29-43-28-27-42-26-25-41-24-23-40-22-21-39-20-19-38-18-17-37/h13-16,37H,2-12,17-34H2,1H3. The molecule has 10 heteroatoms. The molecule has 46 heavy (non-hydrogen) atoms. The Hall–Kier alpha value is -1.34. The molecule has 0 aliphatic heterocycles. The van der Waals surface area contributed by atoms with Crippen LogP contribution in [0.25, 0.3) is 0 Å². The summed E-state index contributed by atoms with van der Waals surface area (Å²) >= 11 is 0. The van der Waals surface area contributed by atoms with Gasteiger partial charge in [0.2, 0.25) is 0 Å². The number of hydrogen-bond acceptors (Lipinski definition) is 10. The lowest BCUT2D eigenvalue weighted by molar-refractivity contribution is -0.0242. The van der Waals surface area contributed by atoms with Gasteiger partial charge in [0.05, 0.1) is 112 Å². The summed E-state index contributed by atoms with van der Waals surface area (Å²) in [5.74, 6) is 0.891. The third-order valence-corrected chi connectivity index (χ3v) is 7.08. The first-order valence-corrected chi connectivity index (χ1v) is 17.8. The highest BCUT2D eigenvalue weighted by molar-refractivity contribution is 5.27. The van der Waals surface area contributed by atoms with E-state index in [-0.39, 0.29) is 6.61 Å². The zero-order chi connectivity index (χ0) is 32.9. The molecule has 0 unspecified atom stereocenters. The number of hydrogen-bond donors (Lipinski definition) is 1. The first-order valence-electron chi connectivity index (χ1n) is 17.8. The van der Waals surface area contributed by atoms with Gasteiger partial charge in [-0.25, -0.2) is 0 Å². The molecular weight excluding hydrogens is 592 g/mol. The molecule has 0 heterocycles. The van der Waals surface area contributed by atoms with E-state index in [9.17, 15) is 0 Å². The maximum absolute atomic E-state index is 8.59. The van der Waals surface area contributed by atoms with Crippen molar-refractivity contribution in [2.45, 2.75) is 77.6 Å². The van der Waals surface area contributed by atoms with Crippen LogP contribution in [0.15, 0.2) is 24.3 Å². The zero-order valence-electron chi connectivity index (χ0n) is 28.9. The van der Waals surface area contributed by atoms with Crippen LogP contribution >= 0.6 is 0 Å². The van der Waals surface area contributed by atoms with Crippen molar-refractivity contribution >= 4 is 0 Å². The number of aliphatic hydroxyl groups excluding tert-OH is 1. The van der Waals surface area contributed by atoms with Gasteiger partial charge in [-0.05, 0) is 30.5 Å². The predicted octanol–water partition coefficient (Wildman–Crippen LogP) is 5.65. The predicted molar refractivity (Wildman–Crippen MR) is 181 cm³/mol. The van der Waals surface area contributed by atoms with Gasteiger partial charge in [-0.1, -0.05) is 76.8 Å². The molecule has 1 aromatic rings. The van der Waals surface area contributed by atoms with Crippen LogP contribution in [0.2, 0.25) is 0 Å². The molecule has 0 aliphatic rings. The molecule has 0 fully saturated rings. The fourth-order valence-corrected chi connectivity index (χ4v) is 4.49. The molecule has 0 aromatic heterocycles. The number of unbranched alkanes of at least 4 members (excludes halogenated alkanes) is 9. The molecule has 0 aliphatic carbocycles. The van der Waals surface area contributed by atoms with Crippen LogP contribution in [0, 0.1) is 0 Å².